The summed E-state index contributed by atoms with van der Waals surface area (Å²) in [6, 6.07) is 4.97. The molecule has 0 bridgehead atoms. The number of phenolic OH excluding ortho intramolecular Hbond substituents is 1. The molecule has 33 heavy (non-hydrogen) atoms. The molecule has 7 heteroatoms. The van der Waals surface area contributed by atoms with Gasteiger partial charge in [0.15, 0.2) is 0 Å². The Bertz CT molecular complexity index is 1010. The Hall–Kier alpha value is -2.12. The second-order valence-corrected chi connectivity index (χ2v) is 11.5. The average molecular weight is 454 g/mol. The van der Waals surface area contributed by atoms with E-state index in [-0.39, 0.29) is 17.7 Å². The largest absolute Gasteiger partial charge is 0.508 e. The first-order chi connectivity index (χ1) is 15.8. The topological polar surface area (TPSA) is 102 Å². The Balaban J connectivity index is 1.40. The SMILES string of the molecule is Cc1ccc(O)cc1C12CC3CN(CC4CCCCC4)C3C1(O)CCC1(C2)NC(=O)NC1=O. The highest BCUT2D eigenvalue weighted by molar-refractivity contribution is 6.07. The number of hydrogen-bond donors (Lipinski definition) is 4. The maximum Gasteiger partial charge on any atom is 0.322 e. The molecule has 3 aliphatic carbocycles. The van der Waals surface area contributed by atoms with E-state index in [1.165, 1.54) is 32.1 Å². The summed E-state index contributed by atoms with van der Waals surface area (Å²) in [4.78, 5) is 27.6. The maximum atomic E-state index is 12.9. The van der Waals surface area contributed by atoms with Crippen molar-refractivity contribution in [2.45, 2.75) is 87.3 Å². The zero-order valence-corrected chi connectivity index (χ0v) is 19.4. The van der Waals surface area contributed by atoms with Crippen LogP contribution in [0.4, 0.5) is 4.79 Å². The van der Waals surface area contributed by atoms with Gasteiger partial charge in [-0.3, -0.25) is 15.0 Å². The van der Waals surface area contributed by atoms with Gasteiger partial charge in [0.1, 0.15) is 11.3 Å². The van der Waals surface area contributed by atoms with Crippen LogP contribution in [0.5, 0.6) is 5.75 Å². The minimum atomic E-state index is -1.00. The predicted octanol–water partition coefficient (Wildman–Crippen LogP) is 2.72. The molecular weight excluding hydrogens is 418 g/mol. The smallest absolute Gasteiger partial charge is 0.322 e. The quantitative estimate of drug-likeness (QED) is 0.527. The Labute approximate surface area is 194 Å². The normalized spacial score (nSPS) is 40.8. The van der Waals surface area contributed by atoms with Crippen LogP contribution in [-0.4, -0.2) is 57.3 Å². The molecule has 1 aromatic rings. The fourth-order valence-corrected chi connectivity index (χ4v) is 8.35. The molecular formula is C26H35N3O4. The van der Waals surface area contributed by atoms with Crippen molar-refractivity contribution in [1.29, 1.82) is 0 Å². The number of likely N-dealkylation sites (tertiary alicyclic amines) is 1. The summed E-state index contributed by atoms with van der Waals surface area (Å²) in [5.74, 6) is 0.946. The van der Waals surface area contributed by atoms with Gasteiger partial charge in [0.2, 0.25) is 0 Å². The number of rotatable bonds is 3. The first kappa shape index (κ1) is 21.4. The number of phenols is 1. The van der Waals surface area contributed by atoms with E-state index in [0.29, 0.717) is 31.1 Å². The lowest BCUT2D eigenvalue weighted by atomic mass is 9.55. The number of imide groups is 1. The molecule has 6 rings (SSSR count). The zero-order chi connectivity index (χ0) is 23.0. The molecule has 0 aromatic heterocycles. The summed E-state index contributed by atoms with van der Waals surface area (Å²) in [6.07, 6.45) is 8.52. The number of carbonyl (C=O) groups is 2. The third-order valence-electron chi connectivity index (χ3n) is 9.74. The summed E-state index contributed by atoms with van der Waals surface area (Å²) < 4.78 is 0. The molecule has 3 amide bonds. The van der Waals surface area contributed by atoms with E-state index in [1.54, 1.807) is 12.1 Å². The van der Waals surface area contributed by atoms with E-state index in [2.05, 4.69) is 15.5 Å². The standard InChI is InChI=1S/C26H35N3O4/c1-16-7-8-19(30)11-20(16)24-12-18-14-29(13-17-5-3-2-4-6-17)21(18)26(24,33)10-9-25(15-24)22(31)27-23(32)28-25/h7-8,11,17-18,21,30,33H,2-6,9-10,12-15H2,1H3,(H2,27,28,31,32). The van der Waals surface area contributed by atoms with Gasteiger partial charge >= 0.3 is 6.03 Å². The Morgan fingerprint density at radius 2 is 1.94 bits per heavy atom. The van der Waals surface area contributed by atoms with Crippen molar-refractivity contribution in [2.75, 3.05) is 13.1 Å². The van der Waals surface area contributed by atoms with Crippen molar-refractivity contribution < 1.29 is 19.8 Å². The first-order valence-corrected chi connectivity index (χ1v) is 12.7. The molecule has 2 heterocycles. The molecule has 0 radical (unpaired) electrons. The Morgan fingerprint density at radius 3 is 2.67 bits per heavy atom. The number of aliphatic hydroxyl groups is 1. The highest BCUT2D eigenvalue weighted by atomic mass is 16.3. The number of nitrogens with zero attached hydrogens (tertiary/aromatic N) is 1. The maximum absolute atomic E-state index is 12.9. The van der Waals surface area contributed by atoms with Crippen LogP contribution in [0, 0.1) is 18.8 Å². The number of fused-ring (bicyclic) bond motifs is 3. The molecule has 7 nitrogen and oxygen atoms in total. The fraction of sp³-hybridized carbons (Fsp3) is 0.692. The molecule has 2 aliphatic heterocycles. The number of amides is 3. The number of nitrogens with one attached hydrogen (secondary N) is 2. The number of aryl methyl sites for hydroxylation is 1. The summed E-state index contributed by atoms with van der Waals surface area (Å²) in [5.41, 5.74) is -0.765. The minimum absolute atomic E-state index is 0.0682. The molecule has 5 unspecified atom stereocenters. The van der Waals surface area contributed by atoms with Crippen molar-refractivity contribution in [1.82, 2.24) is 15.5 Å². The van der Waals surface area contributed by atoms with E-state index < -0.39 is 22.6 Å². The van der Waals surface area contributed by atoms with Crippen molar-refractivity contribution in [3.05, 3.63) is 29.3 Å². The highest BCUT2D eigenvalue weighted by Crippen LogP contribution is 2.65. The van der Waals surface area contributed by atoms with Crippen molar-refractivity contribution >= 4 is 11.9 Å². The lowest BCUT2D eigenvalue weighted by molar-refractivity contribution is -0.150. The van der Waals surface area contributed by atoms with Crippen molar-refractivity contribution in [3.63, 3.8) is 0 Å². The van der Waals surface area contributed by atoms with Gasteiger partial charge in [-0.2, -0.15) is 0 Å². The number of benzene rings is 1. The lowest BCUT2D eigenvalue weighted by Gasteiger charge is -2.57. The van der Waals surface area contributed by atoms with Crippen LogP contribution in [0.1, 0.15) is 68.9 Å². The monoisotopic (exact) mass is 453 g/mol. The van der Waals surface area contributed by atoms with Crippen LogP contribution in [0.3, 0.4) is 0 Å². The van der Waals surface area contributed by atoms with Crippen LogP contribution < -0.4 is 10.6 Å². The average Bonchev–Trinajstić information content (AvgIpc) is 3.15. The minimum Gasteiger partial charge on any atom is -0.508 e. The van der Waals surface area contributed by atoms with Crippen LogP contribution in [0.2, 0.25) is 0 Å². The van der Waals surface area contributed by atoms with Gasteiger partial charge < -0.3 is 15.5 Å². The predicted molar refractivity (Wildman–Crippen MR) is 123 cm³/mol. The van der Waals surface area contributed by atoms with Crippen molar-refractivity contribution in [2.24, 2.45) is 11.8 Å². The van der Waals surface area contributed by atoms with Crippen LogP contribution in [0.25, 0.3) is 0 Å². The first-order valence-electron chi connectivity index (χ1n) is 12.7. The molecule has 5 aliphatic rings. The third-order valence-corrected chi connectivity index (χ3v) is 9.74. The molecule has 178 valence electrons. The number of aromatic hydroxyl groups is 1. The van der Waals surface area contributed by atoms with E-state index >= 15 is 0 Å². The second kappa shape index (κ2) is 7.19. The van der Waals surface area contributed by atoms with Crippen LogP contribution in [0.15, 0.2) is 18.2 Å². The number of carbonyl (C=O) groups excluding carboxylic acids is 2. The Morgan fingerprint density at radius 1 is 1.15 bits per heavy atom. The molecule has 3 saturated carbocycles. The van der Waals surface area contributed by atoms with Gasteiger partial charge in [0.25, 0.3) is 5.91 Å². The third kappa shape index (κ3) is 2.94. The van der Waals surface area contributed by atoms with Crippen LogP contribution >= 0.6 is 0 Å². The summed E-state index contributed by atoms with van der Waals surface area (Å²) in [7, 11) is 0. The number of hydrogen-bond acceptors (Lipinski definition) is 5. The molecule has 5 fully saturated rings. The summed E-state index contributed by atoms with van der Waals surface area (Å²) in [5, 5.41) is 28.3. The van der Waals surface area contributed by atoms with Gasteiger partial charge in [0.05, 0.1) is 5.60 Å². The molecule has 4 N–H and O–H groups in total. The molecule has 1 aromatic carbocycles. The molecule has 2 saturated heterocycles. The second-order valence-electron chi connectivity index (χ2n) is 11.5. The summed E-state index contributed by atoms with van der Waals surface area (Å²) >= 11 is 0. The van der Waals surface area contributed by atoms with Gasteiger partial charge in [-0.15, -0.1) is 0 Å². The lowest BCUT2D eigenvalue weighted by Crippen LogP contribution is -2.70. The zero-order valence-electron chi connectivity index (χ0n) is 19.4. The molecule has 5 atom stereocenters. The van der Waals surface area contributed by atoms with E-state index in [9.17, 15) is 19.8 Å². The van der Waals surface area contributed by atoms with Gasteiger partial charge in [-0.25, -0.2) is 4.79 Å². The van der Waals surface area contributed by atoms with E-state index in [0.717, 1.165) is 30.6 Å². The van der Waals surface area contributed by atoms with Crippen molar-refractivity contribution in [3.8, 4) is 5.75 Å². The summed E-state index contributed by atoms with van der Waals surface area (Å²) in [6.45, 7) is 4.04. The highest BCUT2D eigenvalue weighted by Gasteiger charge is 2.73. The van der Waals surface area contributed by atoms with Gasteiger partial charge in [0, 0.05) is 24.5 Å². The van der Waals surface area contributed by atoms with Gasteiger partial charge in [-0.05, 0) is 80.5 Å². The van der Waals surface area contributed by atoms with E-state index in [1.807, 2.05) is 13.0 Å². The Kier molecular flexibility index (Phi) is 4.67. The fourth-order valence-electron chi connectivity index (χ4n) is 8.35. The molecule has 1 spiro atoms. The van der Waals surface area contributed by atoms with E-state index in [4.69, 9.17) is 0 Å². The van der Waals surface area contributed by atoms with Gasteiger partial charge in [-0.1, -0.05) is 25.3 Å². The van der Waals surface area contributed by atoms with Crippen LogP contribution in [-0.2, 0) is 10.2 Å². The number of urea groups is 1.